The molecule has 4 rings (SSSR count). The number of piperidine rings is 1. The molecule has 0 radical (unpaired) electrons. The zero-order valence-corrected chi connectivity index (χ0v) is 14.6. The van der Waals surface area contributed by atoms with Crippen molar-refractivity contribution in [3.63, 3.8) is 0 Å². The summed E-state index contributed by atoms with van der Waals surface area (Å²) in [5.74, 6) is 1.10. The quantitative estimate of drug-likeness (QED) is 0.882. The Labute approximate surface area is 152 Å². The van der Waals surface area contributed by atoms with Gasteiger partial charge >= 0.3 is 0 Å². The molecule has 6 nitrogen and oxygen atoms in total. The number of anilines is 2. The summed E-state index contributed by atoms with van der Waals surface area (Å²) in [4.78, 5) is 13.3. The van der Waals surface area contributed by atoms with E-state index in [1.165, 1.54) is 5.69 Å². The number of fused-ring (bicyclic) bond motifs is 1. The molecule has 3 heterocycles. The van der Waals surface area contributed by atoms with E-state index >= 15 is 0 Å². The molecule has 0 unspecified atom stereocenters. The van der Waals surface area contributed by atoms with Crippen LogP contribution in [0.15, 0.2) is 30.6 Å². The first-order valence-electron chi connectivity index (χ1n) is 9.10. The molecule has 1 aromatic carbocycles. The standard InChI is InChI=1S/C19H23FN4O2/c20-15-1-2-17-14(11-15)3-8-24(17)16-4-6-23(7-5-16)18-12-21-13-19(22-18)26-10-9-25/h1-2,11-13,16,25H,3-10H2. The number of hydrogen-bond acceptors (Lipinski definition) is 6. The lowest BCUT2D eigenvalue weighted by Gasteiger charge is -2.38. The van der Waals surface area contributed by atoms with Crippen LogP contribution in [0.2, 0.25) is 0 Å². The van der Waals surface area contributed by atoms with E-state index in [9.17, 15) is 4.39 Å². The van der Waals surface area contributed by atoms with Gasteiger partial charge < -0.3 is 19.6 Å². The number of aliphatic hydroxyl groups excluding tert-OH is 1. The van der Waals surface area contributed by atoms with E-state index < -0.39 is 0 Å². The highest BCUT2D eigenvalue weighted by Gasteiger charge is 2.30. The van der Waals surface area contributed by atoms with Crippen molar-refractivity contribution in [3.05, 3.63) is 42.0 Å². The highest BCUT2D eigenvalue weighted by atomic mass is 19.1. The average molecular weight is 358 g/mol. The molecular weight excluding hydrogens is 335 g/mol. The predicted octanol–water partition coefficient (Wildman–Crippen LogP) is 2.02. The Hall–Kier alpha value is -2.41. The summed E-state index contributed by atoms with van der Waals surface area (Å²) in [6.45, 7) is 2.94. The third-order valence-corrected chi connectivity index (χ3v) is 5.14. The molecule has 0 amide bonds. The average Bonchev–Trinajstić information content (AvgIpc) is 3.09. The Balaban J connectivity index is 1.39. The monoisotopic (exact) mass is 358 g/mol. The lowest BCUT2D eigenvalue weighted by molar-refractivity contribution is 0.196. The molecule has 0 atom stereocenters. The molecule has 1 N–H and O–H groups in total. The van der Waals surface area contributed by atoms with Crippen LogP contribution in [0.4, 0.5) is 15.9 Å². The molecule has 0 saturated carbocycles. The zero-order chi connectivity index (χ0) is 17.9. The second-order valence-electron chi connectivity index (χ2n) is 6.72. The fourth-order valence-electron chi connectivity index (χ4n) is 3.89. The second-order valence-corrected chi connectivity index (χ2v) is 6.72. The highest BCUT2D eigenvalue weighted by Crippen LogP contribution is 2.33. The Bertz CT molecular complexity index is 765. The number of aromatic nitrogens is 2. The van der Waals surface area contributed by atoms with Gasteiger partial charge in [-0.1, -0.05) is 0 Å². The van der Waals surface area contributed by atoms with Crippen molar-refractivity contribution in [2.24, 2.45) is 0 Å². The number of ether oxygens (including phenoxy) is 1. The third kappa shape index (κ3) is 3.44. The molecule has 1 saturated heterocycles. The van der Waals surface area contributed by atoms with Crippen LogP contribution in [0, 0.1) is 5.82 Å². The van der Waals surface area contributed by atoms with E-state index in [1.807, 2.05) is 6.07 Å². The minimum atomic E-state index is -0.151. The number of nitrogens with zero attached hydrogens (tertiary/aromatic N) is 4. The lowest BCUT2D eigenvalue weighted by atomic mass is 10.0. The van der Waals surface area contributed by atoms with Gasteiger partial charge in [-0.05, 0) is 43.0 Å². The topological polar surface area (TPSA) is 61.7 Å². The number of hydrogen-bond donors (Lipinski definition) is 1. The van der Waals surface area contributed by atoms with E-state index in [4.69, 9.17) is 9.84 Å². The molecule has 1 aromatic heterocycles. The van der Waals surface area contributed by atoms with Crippen LogP contribution >= 0.6 is 0 Å². The van der Waals surface area contributed by atoms with Crippen molar-refractivity contribution in [2.75, 3.05) is 42.6 Å². The van der Waals surface area contributed by atoms with Crippen molar-refractivity contribution in [1.29, 1.82) is 0 Å². The van der Waals surface area contributed by atoms with Gasteiger partial charge in [0, 0.05) is 31.4 Å². The van der Waals surface area contributed by atoms with E-state index in [1.54, 1.807) is 24.5 Å². The summed E-state index contributed by atoms with van der Waals surface area (Å²) >= 11 is 0. The Morgan fingerprint density at radius 3 is 2.85 bits per heavy atom. The molecule has 0 spiro atoms. The molecule has 2 aromatic rings. The zero-order valence-electron chi connectivity index (χ0n) is 14.6. The molecule has 2 aliphatic rings. The highest BCUT2D eigenvalue weighted by molar-refractivity contribution is 5.59. The van der Waals surface area contributed by atoms with Crippen LogP contribution in [0.1, 0.15) is 18.4 Å². The Morgan fingerprint density at radius 1 is 1.19 bits per heavy atom. The van der Waals surface area contributed by atoms with E-state index in [0.29, 0.717) is 11.9 Å². The Morgan fingerprint density at radius 2 is 2.04 bits per heavy atom. The number of benzene rings is 1. The van der Waals surface area contributed by atoms with Crippen LogP contribution in [0.5, 0.6) is 5.88 Å². The molecule has 0 bridgehead atoms. The van der Waals surface area contributed by atoms with Gasteiger partial charge in [0.25, 0.3) is 0 Å². The van der Waals surface area contributed by atoms with E-state index in [0.717, 1.165) is 50.3 Å². The van der Waals surface area contributed by atoms with Gasteiger partial charge in [-0.3, -0.25) is 4.98 Å². The summed E-state index contributed by atoms with van der Waals surface area (Å²) in [5, 5.41) is 8.85. The molecule has 0 aliphatic carbocycles. The molecule has 26 heavy (non-hydrogen) atoms. The van der Waals surface area contributed by atoms with Gasteiger partial charge in [0.1, 0.15) is 12.4 Å². The van der Waals surface area contributed by atoms with Crippen molar-refractivity contribution in [3.8, 4) is 5.88 Å². The molecule has 1 fully saturated rings. The minimum Gasteiger partial charge on any atom is -0.474 e. The van der Waals surface area contributed by atoms with Crippen LogP contribution in [-0.2, 0) is 6.42 Å². The number of halogens is 1. The van der Waals surface area contributed by atoms with Crippen molar-refractivity contribution in [1.82, 2.24) is 9.97 Å². The maximum absolute atomic E-state index is 13.4. The molecule has 2 aliphatic heterocycles. The first kappa shape index (κ1) is 17.0. The van der Waals surface area contributed by atoms with Gasteiger partial charge in [0.15, 0.2) is 5.82 Å². The predicted molar refractivity (Wildman–Crippen MR) is 97.3 cm³/mol. The van der Waals surface area contributed by atoms with Crippen molar-refractivity contribution < 1.29 is 14.2 Å². The molecule has 138 valence electrons. The normalized spacial score (nSPS) is 17.5. The second kappa shape index (κ2) is 7.45. The SMILES string of the molecule is OCCOc1cncc(N2CCC(N3CCc4cc(F)ccc43)CC2)n1. The first-order valence-corrected chi connectivity index (χ1v) is 9.10. The maximum atomic E-state index is 13.4. The smallest absolute Gasteiger partial charge is 0.234 e. The van der Waals surface area contributed by atoms with Gasteiger partial charge in [-0.2, -0.15) is 4.98 Å². The van der Waals surface area contributed by atoms with E-state index in [2.05, 4.69) is 19.8 Å². The van der Waals surface area contributed by atoms with Crippen LogP contribution in [0.25, 0.3) is 0 Å². The van der Waals surface area contributed by atoms with Crippen molar-refractivity contribution >= 4 is 11.5 Å². The summed E-state index contributed by atoms with van der Waals surface area (Å²) in [6, 6.07) is 5.61. The fraction of sp³-hybridized carbons (Fsp3) is 0.474. The minimum absolute atomic E-state index is 0.0431. The third-order valence-electron chi connectivity index (χ3n) is 5.14. The van der Waals surface area contributed by atoms with Crippen LogP contribution in [-0.4, -0.2) is 54.0 Å². The lowest BCUT2D eigenvalue weighted by Crippen LogP contribution is -2.44. The fourth-order valence-corrected chi connectivity index (χ4v) is 3.89. The van der Waals surface area contributed by atoms with E-state index in [-0.39, 0.29) is 19.0 Å². The maximum Gasteiger partial charge on any atom is 0.234 e. The van der Waals surface area contributed by atoms with Crippen LogP contribution in [0.3, 0.4) is 0 Å². The summed E-state index contributed by atoms with van der Waals surface area (Å²) in [6.07, 6.45) is 6.29. The van der Waals surface area contributed by atoms with Crippen molar-refractivity contribution in [2.45, 2.75) is 25.3 Å². The number of rotatable bonds is 5. The first-order chi connectivity index (χ1) is 12.7. The summed E-state index contributed by atoms with van der Waals surface area (Å²) in [7, 11) is 0. The number of aliphatic hydroxyl groups is 1. The van der Waals surface area contributed by atoms with Gasteiger partial charge in [-0.25, -0.2) is 4.39 Å². The van der Waals surface area contributed by atoms with Gasteiger partial charge in [-0.15, -0.1) is 0 Å². The molecule has 7 heteroatoms. The largest absolute Gasteiger partial charge is 0.474 e. The Kier molecular flexibility index (Phi) is 4.88. The van der Waals surface area contributed by atoms with Crippen LogP contribution < -0.4 is 14.5 Å². The van der Waals surface area contributed by atoms with Gasteiger partial charge in [0.05, 0.1) is 19.0 Å². The van der Waals surface area contributed by atoms with Gasteiger partial charge in [0.2, 0.25) is 5.88 Å². The summed E-state index contributed by atoms with van der Waals surface area (Å²) in [5.41, 5.74) is 2.30. The summed E-state index contributed by atoms with van der Waals surface area (Å²) < 4.78 is 18.8. The molecular formula is C19H23FN4O2.